The van der Waals surface area contributed by atoms with Crippen molar-refractivity contribution in [3.8, 4) is 6.07 Å². The monoisotopic (exact) mass is 497 g/mol. The third-order valence-corrected chi connectivity index (χ3v) is 6.02. The summed E-state index contributed by atoms with van der Waals surface area (Å²) < 4.78 is 40.0. The van der Waals surface area contributed by atoms with Crippen LogP contribution in [0.3, 0.4) is 0 Å². The van der Waals surface area contributed by atoms with Crippen molar-refractivity contribution >= 4 is 29.8 Å². The van der Waals surface area contributed by atoms with Gasteiger partial charge in [-0.05, 0) is 42.3 Å². The highest BCUT2D eigenvalue weighted by Crippen LogP contribution is 2.45. The highest BCUT2D eigenvalue weighted by atomic mass is 19.4. The van der Waals surface area contributed by atoms with Crippen LogP contribution in [0.1, 0.15) is 45.9 Å². The Hall–Kier alpha value is -4.66. The van der Waals surface area contributed by atoms with E-state index < -0.39 is 29.7 Å². The van der Waals surface area contributed by atoms with Gasteiger partial charge in [-0.2, -0.15) is 18.4 Å². The van der Waals surface area contributed by atoms with Crippen LogP contribution in [0.25, 0.3) is 0 Å². The molecule has 1 heterocycles. The second-order valence-electron chi connectivity index (χ2n) is 8.09. The Bertz CT molecular complexity index is 1360. The summed E-state index contributed by atoms with van der Waals surface area (Å²) in [5, 5.41) is 9.28. The number of nitrogens with one attached hydrogen (secondary N) is 2. The van der Waals surface area contributed by atoms with Gasteiger partial charge < -0.3 is 4.90 Å². The molecule has 4 rings (SSSR count). The maximum atomic E-state index is 13.5. The van der Waals surface area contributed by atoms with Gasteiger partial charge in [-0.3, -0.25) is 30.1 Å². The number of nitrogens with zero attached hydrogens (tertiary/aromatic N) is 3. The number of hydrazine groups is 1. The number of ketones is 1. The van der Waals surface area contributed by atoms with Crippen LogP contribution in [0.4, 0.5) is 23.7 Å². The van der Waals surface area contributed by atoms with E-state index in [2.05, 4.69) is 5.43 Å². The molecule has 1 unspecified atom stereocenters. The topological polar surface area (TPSA) is 123 Å². The molecule has 0 saturated heterocycles. The predicted molar refractivity (Wildman–Crippen MR) is 119 cm³/mol. The van der Waals surface area contributed by atoms with Gasteiger partial charge in [-0.1, -0.05) is 12.1 Å². The number of hydrogen-bond donors (Lipinski definition) is 2. The number of halogens is 3. The van der Waals surface area contributed by atoms with Gasteiger partial charge in [0, 0.05) is 30.3 Å². The molecule has 1 atom stereocenters. The van der Waals surface area contributed by atoms with E-state index in [9.17, 15) is 37.6 Å². The standard InChI is InChI=1S/C24H18F3N5O4/c1-31-21(16-6-5-13(11-28)9-17(16)22(35)30-29-12-33)20-18(7-8-19(20)34)32(23(31)36)15-4-2-3-14(10-15)24(25,26)27/h2-6,9-10,12,21H,7-8H2,1H3,(H,29,33)(H,30,35). The lowest BCUT2D eigenvalue weighted by atomic mass is 9.89. The van der Waals surface area contributed by atoms with Gasteiger partial charge in [0.2, 0.25) is 6.41 Å². The number of carbonyl (C=O) groups excluding carboxylic acids is 4. The lowest BCUT2D eigenvalue weighted by Crippen LogP contribution is -2.48. The lowest BCUT2D eigenvalue weighted by Gasteiger charge is -2.41. The fraction of sp³-hybridized carbons (Fsp3) is 0.208. The van der Waals surface area contributed by atoms with E-state index in [0.29, 0.717) is 0 Å². The Kier molecular flexibility index (Phi) is 6.24. The normalized spacial score (nSPS) is 17.6. The lowest BCUT2D eigenvalue weighted by molar-refractivity contribution is -0.137. The number of benzene rings is 2. The fourth-order valence-electron chi connectivity index (χ4n) is 4.46. The Morgan fingerprint density at radius 2 is 1.92 bits per heavy atom. The molecule has 1 aliphatic carbocycles. The second kappa shape index (κ2) is 9.18. The summed E-state index contributed by atoms with van der Waals surface area (Å²) in [4.78, 5) is 52.2. The molecular formula is C24H18F3N5O4. The highest BCUT2D eigenvalue weighted by Gasteiger charge is 2.45. The van der Waals surface area contributed by atoms with Crippen LogP contribution in [0, 0.1) is 11.3 Å². The van der Waals surface area contributed by atoms with E-state index in [-0.39, 0.29) is 58.7 Å². The van der Waals surface area contributed by atoms with Crippen LogP contribution in [-0.2, 0) is 15.8 Å². The van der Waals surface area contributed by atoms with Gasteiger partial charge >= 0.3 is 12.2 Å². The first-order chi connectivity index (χ1) is 17.1. The van der Waals surface area contributed by atoms with E-state index >= 15 is 0 Å². The van der Waals surface area contributed by atoms with Crippen LogP contribution in [0.2, 0.25) is 0 Å². The highest BCUT2D eigenvalue weighted by molar-refractivity contribution is 6.09. The zero-order valence-electron chi connectivity index (χ0n) is 18.7. The first-order valence-electron chi connectivity index (χ1n) is 10.6. The molecule has 2 aromatic rings. The molecule has 36 heavy (non-hydrogen) atoms. The number of hydrogen-bond acceptors (Lipinski definition) is 5. The average molecular weight is 497 g/mol. The van der Waals surface area contributed by atoms with Crippen molar-refractivity contribution in [3.05, 3.63) is 76.0 Å². The number of Topliss-reactive ketones (excluding diaryl/α,β-unsaturated/α-hetero) is 1. The van der Waals surface area contributed by atoms with E-state index in [0.717, 1.165) is 21.9 Å². The molecule has 9 nitrogen and oxygen atoms in total. The summed E-state index contributed by atoms with van der Waals surface area (Å²) in [6.45, 7) is 0. The van der Waals surface area contributed by atoms with Crippen molar-refractivity contribution in [2.24, 2.45) is 0 Å². The first-order valence-corrected chi connectivity index (χ1v) is 10.6. The quantitative estimate of drug-likeness (QED) is 0.485. The molecule has 184 valence electrons. The minimum absolute atomic E-state index is 0.0300. The van der Waals surface area contributed by atoms with Gasteiger partial charge in [-0.15, -0.1) is 0 Å². The van der Waals surface area contributed by atoms with E-state index in [4.69, 9.17) is 0 Å². The molecule has 1 aliphatic heterocycles. The minimum atomic E-state index is -4.63. The van der Waals surface area contributed by atoms with E-state index in [1.54, 1.807) is 0 Å². The number of carbonyl (C=O) groups is 4. The SMILES string of the molecule is CN1C(=O)N(c2cccc(C(F)(F)F)c2)C2=C(C(=O)CC2)C1c1ccc(C#N)cc1C(=O)NNC=O. The van der Waals surface area contributed by atoms with Crippen LogP contribution in [0.15, 0.2) is 53.7 Å². The van der Waals surface area contributed by atoms with Crippen molar-refractivity contribution < 1.29 is 32.3 Å². The van der Waals surface area contributed by atoms with Gasteiger partial charge in [0.05, 0.1) is 28.9 Å². The molecule has 2 aliphatic rings. The fourth-order valence-corrected chi connectivity index (χ4v) is 4.46. The van der Waals surface area contributed by atoms with E-state index in [1.165, 1.54) is 37.4 Å². The number of amides is 4. The maximum Gasteiger partial charge on any atom is 0.416 e. The molecule has 0 bridgehead atoms. The first kappa shape index (κ1) is 24.5. The van der Waals surface area contributed by atoms with Crippen molar-refractivity contribution in [3.63, 3.8) is 0 Å². The third-order valence-electron chi connectivity index (χ3n) is 6.02. The molecule has 12 heteroatoms. The Morgan fingerprint density at radius 1 is 1.17 bits per heavy atom. The summed E-state index contributed by atoms with van der Waals surface area (Å²) >= 11 is 0. The van der Waals surface area contributed by atoms with Crippen LogP contribution < -0.4 is 15.8 Å². The van der Waals surface area contributed by atoms with E-state index in [1.807, 2.05) is 11.5 Å². The Balaban J connectivity index is 1.89. The number of allylic oxidation sites excluding steroid dienone is 1. The number of anilines is 1. The van der Waals surface area contributed by atoms with Gasteiger partial charge in [0.25, 0.3) is 5.91 Å². The summed E-state index contributed by atoms with van der Waals surface area (Å²) in [6, 6.07) is 8.50. The van der Waals surface area contributed by atoms with Crippen molar-refractivity contribution in [2.45, 2.75) is 25.1 Å². The molecule has 0 fully saturated rings. The zero-order valence-corrected chi connectivity index (χ0v) is 18.7. The summed E-state index contributed by atoms with van der Waals surface area (Å²) in [7, 11) is 1.37. The van der Waals surface area contributed by atoms with Crippen molar-refractivity contribution in [1.29, 1.82) is 5.26 Å². The van der Waals surface area contributed by atoms with Gasteiger partial charge in [0.15, 0.2) is 5.78 Å². The third kappa shape index (κ3) is 4.15. The summed E-state index contributed by atoms with van der Waals surface area (Å²) in [6.07, 6.45) is -4.25. The van der Waals surface area contributed by atoms with Crippen molar-refractivity contribution in [2.75, 3.05) is 11.9 Å². The average Bonchev–Trinajstić information content (AvgIpc) is 3.23. The smallest absolute Gasteiger partial charge is 0.316 e. The Morgan fingerprint density at radius 3 is 2.58 bits per heavy atom. The summed E-state index contributed by atoms with van der Waals surface area (Å²) in [5.41, 5.74) is 3.84. The van der Waals surface area contributed by atoms with Crippen molar-refractivity contribution in [1.82, 2.24) is 15.8 Å². The zero-order chi connectivity index (χ0) is 26.2. The number of rotatable bonds is 5. The second-order valence-corrected chi connectivity index (χ2v) is 8.09. The molecule has 0 spiro atoms. The molecule has 0 aromatic heterocycles. The number of urea groups is 1. The van der Waals surface area contributed by atoms with Crippen LogP contribution >= 0.6 is 0 Å². The predicted octanol–water partition coefficient (Wildman–Crippen LogP) is 3.20. The summed E-state index contributed by atoms with van der Waals surface area (Å²) in [5.74, 6) is -1.11. The molecule has 2 N–H and O–H groups in total. The number of likely N-dealkylation sites (N-methyl/N-ethyl adjacent to an activating group) is 1. The van der Waals surface area contributed by atoms with Gasteiger partial charge in [0.1, 0.15) is 0 Å². The number of alkyl halides is 3. The van der Waals surface area contributed by atoms with Gasteiger partial charge in [-0.25, -0.2) is 4.79 Å². The molecule has 4 amide bonds. The number of nitriles is 1. The Labute approximate surface area is 202 Å². The molecule has 0 saturated carbocycles. The molecular weight excluding hydrogens is 479 g/mol. The minimum Gasteiger partial charge on any atom is -0.316 e. The molecule has 2 aromatic carbocycles. The largest absolute Gasteiger partial charge is 0.416 e. The van der Waals surface area contributed by atoms with Crippen LogP contribution in [0.5, 0.6) is 0 Å². The van der Waals surface area contributed by atoms with Crippen LogP contribution in [-0.4, -0.2) is 36.1 Å². The molecule has 0 radical (unpaired) electrons. The maximum absolute atomic E-state index is 13.5.